The van der Waals surface area contributed by atoms with E-state index >= 15 is 0 Å². The Hall–Kier alpha value is -0.740. The predicted molar refractivity (Wildman–Crippen MR) is 48.1 cm³/mol. The molecule has 0 amide bonds. The van der Waals surface area contributed by atoms with Crippen LogP contribution in [0.4, 0.5) is 13.2 Å². The van der Waals surface area contributed by atoms with Crippen molar-refractivity contribution in [2.24, 2.45) is 11.8 Å². The SMILES string of the molecule is CCOC(=O)C1CCCCC1C(F)(F)F. The molecule has 1 rings (SSSR count). The largest absolute Gasteiger partial charge is 0.466 e. The van der Waals surface area contributed by atoms with Gasteiger partial charge in [-0.1, -0.05) is 12.8 Å². The summed E-state index contributed by atoms with van der Waals surface area (Å²) in [7, 11) is 0. The summed E-state index contributed by atoms with van der Waals surface area (Å²) < 4.78 is 42.4. The summed E-state index contributed by atoms with van der Waals surface area (Å²) in [6, 6.07) is 0. The van der Waals surface area contributed by atoms with Gasteiger partial charge in [0.25, 0.3) is 0 Å². The zero-order valence-electron chi connectivity index (χ0n) is 8.64. The lowest BCUT2D eigenvalue weighted by atomic mass is 9.79. The van der Waals surface area contributed by atoms with Crippen LogP contribution in [0.3, 0.4) is 0 Å². The molecule has 88 valence electrons. The maximum Gasteiger partial charge on any atom is 0.392 e. The molecular weight excluding hydrogens is 209 g/mol. The van der Waals surface area contributed by atoms with Crippen LogP contribution in [0.25, 0.3) is 0 Å². The standard InChI is InChI=1S/C10H15F3O2/c1-2-15-9(14)7-5-3-4-6-8(7)10(11,12)13/h7-8H,2-6H2,1H3. The molecule has 1 saturated carbocycles. The number of ether oxygens (including phenoxy) is 1. The third-order valence-corrected chi connectivity index (χ3v) is 2.78. The molecule has 2 nitrogen and oxygen atoms in total. The molecule has 5 heteroatoms. The maximum absolute atomic E-state index is 12.6. The van der Waals surface area contributed by atoms with Crippen molar-refractivity contribution in [1.29, 1.82) is 0 Å². The van der Waals surface area contributed by atoms with Gasteiger partial charge in [0, 0.05) is 0 Å². The summed E-state index contributed by atoms with van der Waals surface area (Å²) in [6.07, 6.45) is -2.72. The first-order valence-electron chi connectivity index (χ1n) is 5.20. The zero-order chi connectivity index (χ0) is 11.5. The summed E-state index contributed by atoms with van der Waals surface area (Å²) in [4.78, 5) is 11.3. The Morgan fingerprint density at radius 1 is 1.33 bits per heavy atom. The summed E-state index contributed by atoms with van der Waals surface area (Å²) >= 11 is 0. The highest BCUT2D eigenvalue weighted by molar-refractivity contribution is 5.73. The van der Waals surface area contributed by atoms with Crippen LogP contribution in [-0.2, 0) is 9.53 Å². The molecule has 1 fully saturated rings. The average Bonchev–Trinajstić information content (AvgIpc) is 2.17. The zero-order valence-corrected chi connectivity index (χ0v) is 8.64. The van der Waals surface area contributed by atoms with Crippen LogP contribution in [-0.4, -0.2) is 18.8 Å². The van der Waals surface area contributed by atoms with Gasteiger partial charge in [-0.2, -0.15) is 13.2 Å². The smallest absolute Gasteiger partial charge is 0.392 e. The summed E-state index contributed by atoms with van der Waals surface area (Å²) in [5.41, 5.74) is 0. The van der Waals surface area contributed by atoms with Crippen LogP contribution < -0.4 is 0 Å². The molecule has 0 heterocycles. The van der Waals surface area contributed by atoms with E-state index in [0.717, 1.165) is 0 Å². The molecule has 0 bridgehead atoms. The number of halogens is 3. The molecule has 15 heavy (non-hydrogen) atoms. The first kappa shape index (κ1) is 12.3. The lowest BCUT2D eigenvalue weighted by Crippen LogP contribution is -2.38. The van der Waals surface area contributed by atoms with E-state index in [9.17, 15) is 18.0 Å². The van der Waals surface area contributed by atoms with Gasteiger partial charge >= 0.3 is 12.1 Å². The molecule has 0 spiro atoms. The Labute approximate surface area is 86.8 Å². The lowest BCUT2D eigenvalue weighted by molar-refractivity contribution is -0.204. The van der Waals surface area contributed by atoms with Crippen molar-refractivity contribution in [3.8, 4) is 0 Å². The van der Waals surface area contributed by atoms with Crippen molar-refractivity contribution in [3.05, 3.63) is 0 Å². The minimum absolute atomic E-state index is 0.0486. The quantitative estimate of drug-likeness (QED) is 0.674. The minimum atomic E-state index is -4.28. The molecule has 2 atom stereocenters. The van der Waals surface area contributed by atoms with Gasteiger partial charge in [0.2, 0.25) is 0 Å². The molecule has 0 radical (unpaired) electrons. The first-order valence-corrected chi connectivity index (χ1v) is 5.20. The van der Waals surface area contributed by atoms with Crippen molar-refractivity contribution in [3.63, 3.8) is 0 Å². The number of carbonyl (C=O) groups is 1. The molecule has 0 aromatic heterocycles. The van der Waals surface area contributed by atoms with Crippen LogP contribution in [0, 0.1) is 11.8 Å². The Bertz CT molecular complexity index is 225. The van der Waals surface area contributed by atoms with E-state index in [1.165, 1.54) is 0 Å². The number of hydrogen-bond acceptors (Lipinski definition) is 2. The van der Waals surface area contributed by atoms with Gasteiger partial charge in [-0.3, -0.25) is 4.79 Å². The van der Waals surface area contributed by atoms with Crippen molar-refractivity contribution in [2.75, 3.05) is 6.61 Å². The van der Waals surface area contributed by atoms with Gasteiger partial charge in [0.15, 0.2) is 0 Å². The Morgan fingerprint density at radius 3 is 2.47 bits per heavy atom. The number of hydrogen-bond donors (Lipinski definition) is 0. The molecule has 0 N–H and O–H groups in total. The maximum atomic E-state index is 12.6. The third-order valence-electron chi connectivity index (χ3n) is 2.78. The van der Waals surface area contributed by atoms with Crippen LogP contribution in [0.5, 0.6) is 0 Å². The van der Waals surface area contributed by atoms with Crippen molar-refractivity contribution >= 4 is 5.97 Å². The molecule has 0 aromatic rings. The Balaban J connectivity index is 2.70. The summed E-state index contributed by atoms with van der Waals surface area (Å²) in [6.45, 7) is 1.74. The second kappa shape index (κ2) is 4.86. The number of rotatable bonds is 2. The fourth-order valence-corrected chi connectivity index (χ4v) is 2.05. The van der Waals surface area contributed by atoms with E-state index in [-0.39, 0.29) is 13.0 Å². The van der Waals surface area contributed by atoms with Gasteiger partial charge in [-0.15, -0.1) is 0 Å². The highest BCUT2D eigenvalue weighted by atomic mass is 19.4. The summed E-state index contributed by atoms with van der Waals surface area (Å²) in [5.74, 6) is -3.19. The van der Waals surface area contributed by atoms with Crippen LogP contribution in [0.2, 0.25) is 0 Å². The topological polar surface area (TPSA) is 26.3 Å². The van der Waals surface area contributed by atoms with E-state index in [4.69, 9.17) is 0 Å². The molecule has 0 aliphatic heterocycles. The van der Waals surface area contributed by atoms with E-state index in [1.807, 2.05) is 0 Å². The highest BCUT2D eigenvalue weighted by Crippen LogP contribution is 2.41. The van der Waals surface area contributed by atoms with Crippen LogP contribution in [0.15, 0.2) is 0 Å². The van der Waals surface area contributed by atoms with E-state index in [0.29, 0.717) is 19.3 Å². The van der Waals surface area contributed by atoms with Gasteiger partial charge in [-0.05, 0) is 19.8 Å². The molecule has 0 saturated heterocycles. The van der Waals surface area contributed by atoms with Crippen LogP contribution in [0.1, 0.15) is 32.6 Å². The van der Waals surface area contributed by atoms with Gasteiger partial charge in [-0.25, -0.2) is 0 Å². The fourth-order valence-electron chi connectivity index (χ4n) is 2.05. The lowest BCUT2D eigenvalue weighted by Gasteiger charge is -2.31. The van der Waals surface area contributed by atoms with Crippen LogP contribution >= 0.6 is 0 Å². The normalized spacial score (nSPS) is 27.5. The third kappa shape index (κ3) is 3.11. The minimum Gasteiger partial charge on any atom is -0.466 e. The number of esters is 1. The second-order valence-corrected chi connectivity index (χ2v) is 3.79. The molecule has 0 aromatic carbocycles. The van der Waals surface area contributed by atoms with Crippen molar-refractivity contribution in [1.82, 2.24) is 0 Å². The molecule has 1 aliphatic rings. The first-order chi connectivity index (χ1) is 6.96. The van der Waals surface area contributed by atoms with Crippen molar-refractivity contribution in [2.45, 2.75) is 38.8 Å². The molecular formula is C10H15F3O2. The molecule has 1 aliphatic carbocycles. The molecule has 2 unspecified atom stereocenters. The van der Waals surface area contributed by atoms with Gasteiger partial charge in [0.05, 0.1) is 18.4 Å². The van der Waals surface area contributed by atoms with E-state index in [2.05, 4.69) is 4.74 Å². The second-order valence-electron chi connectivity index (χ2n) is 3.79. The predicted octanol–water partition coefficient (Wildman–Crippen LogP) is 2.92. The number of carbonyl (C=O) groups excluding carboxylic acids is 1. The average molecular weight is 224 g/mol. The highest BCUT2D eigenvalue weighted by Gasteiger charge is 2.48. The van der Waals surface area contributed by atoms with Gasteiger partial charge < -0.3 is 4.74 Å². The fraction of sp³-hybridized carbons (Fsp3) is 0.900. The Morgan fingerprint density at radius 2 is 1.93 bits per heavy atom. The monoisotopic (exact) mass is 224 g/mol. The van der Waals surface area contributed by atoms with E-state index < -0.39 is 24.0 Å². The van der Waals surface area contributed by atoms with E-state index in [1.54, 1.807) is 6.92 Å². The summed E-state index contributed by atoms with van der Waals surface area (Å²) in [5, 5.41) is 0. The number of alkyl halides is 3. The van der Waals surface area contributed by atoms with Gasteiger partial charge in [0.1, 0.15) is 0 Å². The Kier molecular flexibility index (Phi) is 3.99. The van der Waals surface area contributed by atoms with Crippen molar-refractivity contribution < 1.29 is 22.7 Å².